The molecule has 1 fully saturated rings. The highest BCUT2D eigenvalue weighted by molar-refractivity contribution is 6.06. The average Bonchev–Trinajstić information content (AvgIpc) is 3.53. The summed E-state index contributed by atoms with van der Waals surface area (Å²) >= 11 is 0. The van der Waals surface area contributed by atoms with Crippen LogP contribution >= 0.6 is 0 Å². The highest BCUT2D eigenvalue weighted by Crippen LogP contribution is 2.42. The second-order valence-electron chi connectivity index (χ2n) is 11.4. The fraction of sp³-hybridized carbons (Fsp3) is 0.419. The largest absolute Gasteiger partial charge is 0.384 e. The minimum absolute atomic E-state index is 0.224. The molecule has 1 aromatic carbocycles. The molecule has 204 valence electrons. The van der Waals surface area contributed by atoms with Gasteiger partial charge in [-0.15, -0.1) is 0 Å². The van der Waals surface area contributed by atoms with Gasteiger partial charge in [-0.1, -0.05) is 23.4 Å². The first-order chi connectivity index (χ1) is 18.6. The normalized spacial score (nSPS) is 16.0. The Labute approximate surface area is 227 Å². The summed E-state index contributed by atoms with van der Waals surface area (Å²) in [7, 11) is 1.96. The summed E-state index contributed by atoms with van der Waals surface area (Å²) in [5, 5.41) is 15.2. The summed E-state index contributed by atoms with van der Waals surface area (Å²) < 4.78 is 30.9. The molecule has 1 aliphatic heterocycles. The number of aryl methyl sites for hydroxylation is 3. The van der Waals surface area contributed by atoms with E-state index in [0.29, 0.717) is 11.5 Å². The van der Waals surface area contributed by atoms with Gasteiger partial charge in [-0.05, 0) is 71.1 Å². The van der Waals surface area contributed by atoms with Crippen molar-refractivity contribution in [3.63, 3.8) is 0 Å². The lowest BCUT2D eigenvalue weighted by Crippen LogP contribution is -2.22. The maximum absolute atomic E-state index is 15.5. The van der Waals surface area contributed by atoms with Gasteiger partial charge in [0.25, 0.3) is 0 Å². The molecule has 0 amide bonds. The number of ether oxygens (including phenoxy) is 1. The smallest absolute Gasteiger partial charge is 0.141 e. The Hall–Kier alpha value is -3.49. The van der Waals surface area contributed by atoms with Crippen molar-refractivity contribution >= 4 is 22.1 Å². The molecule has 39 heavy (non-hydrogen) atoms. The van der Waals surface area contributed by atoms with Crippen LogP contribution in [0.4, 0.5) is 4.39 Å². The molecule has 7 nitrogen and oxygen atoms in total. The first kappa shape index (κ1) is 25.8. The van der Waals surface area contributed by atoms with Crippen molar-refractivity contribution < 1.29 is 18.8 Å². The number of benzene rings is 1. The van der Waals surface area contributed by atoms with Gasteiger partial charge in [0.05, 0.1) is 39.6 Å². The quantitative estimate of drug-likeness (QED) is 0.269. The van der Waals surface area contributed by atoms with E-state index >= 15 is 4.39 Å². The van der Waals surface area contributed by atoms with Crippen LogP contribution in [0.2, 0.25) is 0 Å². The van der Waals surface area contributed by atoms with E-state index in [0.717, 1.165) is 82.8 Å². The standard InChI is InChI=1S/C31H35FN4O3/c1-18-28(19(2)39-34-18)21-15-25-29(33-17-21)30-26(16-27(35(30)5)31(3,4)37)36(25)24(14-20-10-12-38-13-11-20)22-8-6-7-9-23(22)32/h6-9,15-17,20,24,37H,10-14H2,1-5H3. The van der Waals surface area contributed by atoms with Gasteiger partial charge >= 0.3 is 0 Å². The van der Waals surface area contributed by atoms with Gasteiger partial charge in [-0.3, -0.25) is 4.98 Å². The number of hydrogen-bond donors (Lipinski definition) is 1. The van der Waals surface area contributed by atoms with Crippen molar-refractivity contribution in [2.45, 2.75) is 58.6 Å². The van der Waals surface area contributed by atoms with Crippen molar-refractivity contribution in [1.29, 1.82) is 0 Å². The summed E-state index contributed by atoms with van der Waals surface area (Å²) in [6, 6.07) is 11.0. The zero-order valence-corrected chi connectivity index (χ0v) is 23.2. The summed E-state index contributed by atoms with van der Waals surface area (Å²) in [5.41, 5.74) is 6.56. The molecular weight excluding hydrogens is 495 g/mol. The highest BCUT2D eigenvalue weighted by atomic mass is 19.1. The van der Waals surface area contributed by atoms with Crippen molar-refractivity contribution in [3.05, 3.63) is 71.1 Å². The second-order valence-corrected chi connectivity index (χ2v) is 11.4. The molecule has 8 heteroatoms. The Morgan fingerprint density at radius 3 is 2.54 bits per heavy atom. The van der Waals surface area contributed by atoms with Crippen LogP contribution in [0.1, 0.15) is 61.9 Å². The molecule has 1 saturated heterocycles. The van der Waals surface area contributed by atoms with E-state index in [1.54, 1.807) is 19.9 Å². The van der Waals surface area contributed by atoms with Crippen LogP contribution in [0, 0.1) is 25.6 Å². The summed E-state index contributed by atoms with van der Waals surface area (Å²) in [6.45, 7) is 8.84. The van der Waals surface area contributed by atoms with Crippen LogP contribution in [0.15, 0.2) is 47.1 Å². The predicted molar refractivity (Wildman–Crippen MR) is 149 cm³/mol. The fourth-order valence-electron chi connectivity index (χ4n) is 6.37. The van der Waals surface area contributed by atoms with Crippen molar-refractivity contribution in [3.8, 4) is 11.1 Å². The lowest BCUT2D eigenvalue weighted by atomic mass is 9.89. The van der Waals surface area contributed by atoms with Crippen LogP contribution in [0.5, 0.6) is 0 Å². The molecule has 0 bridgehead atoms. The minimum Gasteiger partial charge on any atom is -0.384 e. The van der Waals surface area contributed by atoms with E-state index in [-0.39, 0.29) is 11.9 Å². The van der Waals surface area contributed by atoms with E-state index in [4.69, 9.17) is 14.2 Å². The van der Waals surface area contributed by atoms with Gasteiger partial charge in [0.2, 0.25) is 0 Å². The monoisotopic (exact) mass is 530 g/mol. The van der Waals surface area contributed by atoms with Gasteiger partial charge in [-0.2, -0.15) is 0 Å². The topological polar surface area (TPSA) is 78.2 Å². The highest BCUT2D eigenvalue weighted by Gasteiger charge is 2.31. The van der Waals surface area contributed by atoms with Gasteiger partial charge in [-0.25, -0.2) is 4.39 Å². The number of aromatic nitrogens is 4. The Kier molecular flexibility index (Phi) is 6.35. The lowest BCUT2D eigenvalue weighted by molar-refractivity contribution is 0.0608. The molecule has 4 aromatic heterocycles. The van der Waals surface area contributed by atoms with Crippen LogP contribution in [-0.2, 0) is 17.4 Å². The zero-order valence-electron chi connectivity index (χ0n) is 23.2. The fourth-order valence-corrected chi connectivity index (χ4v) is 6.37. The first-order valence-corrected chi connectivity index (χ1v) is 13.6. The third-order valence-electron chi connectivity index (χ3n) is 8.25. The molecule has 1 N–H and O–H groups in total. The number of rotatable bonds is 6. The molecule has 0 spiro atoms. The van der Waals surface area contributed by atoms with E-state index < -0.39 is 5.60 Å². The molecule has 0 aliphatic carbocycles. The van der Waals surface area contributed by atoms with Crippen molar-refractivity contribution in [2.24, 2.45) is 13.0 Å². The predicted octanol–water partition coefficient (Wildman–Crippen LogP) is 6.57. The van der Waals surface area contributed by atoms with Gasteiger partial charge in [0.15, 0.2) is 0 Å². The Morgan fingerprint density at radius 1 is 1.13 bits per heavy atom. The number of aliphatic hydroxyl groups is 1. The van der Waals surface area contributed by atoms with Crippen molar-refractivity contribution in [2.75, 3.05) is 13.2 Å². The van der Waals surface area contributed by atoms with Gasteiger partial charge < -0.3 is 23.5 Å². The van der Waals surface area contributed by atoms with E-state index in [1.165, 1.54) is 6.07 Å². The molecule has 5 heterocycles. The molecular formula is C31H35FN4O3. The lowest BCUT2D eigenvalue weighted by Gasteiger charge is -2.29. The molecule has 1 unspecified atom stereocenters. The van der Waals surface area contributed by atoms with E-state index in [1.807, 2.05) is 49.9 Å². The van der Waals surface area contributed by atoms with E-state index in [2.05, 4.69) is 15.8 Å². The summed E-state index contributed by atoms with van der Waals surface area (Å²) in [5.74, 6) is 0.901. The molecule has 1 atom stereocenters. The third-order valence-corrected chi connectivity index (χ3v) is 8.25. The third kappa shape index (κ3) is 4.36. The molecule has 1 aliphatic rings. The maximum atomic E-state index is 15.5. The summed E-state index contributed by atoms with van der Waals surface area (Å²) in [6.07, 6.45) is 4.51. The Balaban J connectivity index is 1.67. The first-order valence-electron chi connectivity index (χ1n) is 13.6. The van der Waals surface area contributed by atoms with Crippen LogP contribution in [-0.4, -0.2) is 37.6 Å². The molecule has 5 aromatic rings. The van der Waals surface area contributed by atoms with Gasteiger partial charge in [0.1, 0.15) is 17.1 Å². The van der Waals surface area contributed by atoms with Crippen LogP contribution in [0.25, 0.3) is 33.2 Å². The van der Waals surface area contributed by atoms with E-state index in [9.17, 15) is 5.11 Å². The zero-order chi connectivity index (χ0) is 27.5. The Morgan fingerprint density at radius 2 is 1.87 bits per heavy atom. The average molecular weight is 531 g/mol. The van der Waals surface area contributed by atoms with Crippen LogP contribution in [0.3, 0.4) is 0 Å². The number of nitrogens with zero attached hydrogens (tertiary/aromatic N) is 4. The number of halogens is 1. The number of hydrogen-bond acceptors (Lipinski definition) is 5. The SMILES string of the molecule is Cc1noc(C)c1-c1cnc2c3c(cc(C(C)(C)O)n3C)n(C(CC3CCOCC3)c3ccccc3F)c2c1. The second kappa shape index (κ2) is 9.61. The maximum Gasteiger partial charge on any atom is 0.141 e. The number of fused-ring (bicyclic) bond motifs is 3. The van der Waals surface area contributed by atoms with Crippen LogP contribution < -0.4 is 0 Å². The Bertz CT molecular complexity index is 1650. The molecule has 6 rings (SSSR count). The molecule has 0 radical (unpaired) electrons. The summed E-state index contributed by atoms with van der Waals surface area (Å²) in [4.78, 5) is 4.96. The van der Waals surface area contributed by atoms with Crippen molar-refractivity contribution in [1.82, 2.24) is 19.3 Å². The van der Waals surface area contributed by atoms with Gasteiger partial charge in [0, 0.05) is 43.1 Å². The number of pyridine rings is 1. The molecule has 0 saturated carbocycles. The minimum atomic E-state index is -1.06.